The van der Waals surface area contributed by atoms with Gasteiger partial charge in [0.05, 0.1) is 6.61 Å². The number of para-hydroxylation sites is 1. The molecule has 0 fully saturated rings. The Balaban J connectivity index is 2.16. The predicted molar refractivity (Wildman–Crippen MR) is 88.0 cm³/mol. The highest BCUT2D eigenvalue weighted by Gasteiger charge is 2.12. The first kappa shape index (κ1) is 15.8. The summed E-state index contributed by atoms with van der Waals surface area (Å²) in [6, 6.07) is 13.2. The summed E-state index contributed by atoms with van der Waals surface area (Å²) in [5.74, 6) is 0. The molecule has 3 heteroatoms. The number of benzene rings is 1. The molecule has 0 saturated carbocycles. The number of aryl methyl sites for hydroxylation is 1. The average Bonchev–Trinajstić information content (AvgIpc) is 2.78. The van der Waals surface area contributed by atoms with Crippen LogP contribution < -0.4 is 5.32 Å². The molecule has 0 spiro atoms. The molecule has 0 radical (unpaired) electrons. The molecule has 0 aliphatic heterocycles. The van der Waals surface area contributed by atoms with Crippen LogP contribution in [0, 0.1) is 13.8 Å². The van der Waals surface area contributed by atoms with Gasteiger partial charge >= 0.3 is 0 Å². The maximum atomic E-state index is 5.24. The maximum Gasteiger partial charge on any atom is 0.0615 e. The third-order valence-corrected chi connectivity index (χ3v) is 3.99. The molecule has 2 aromatic rings. The van der Waals surface area contributed by atoms with Gasteiger partial charge in [0, 0.05) is 36.8 Å². The molecule has 2 rings (SSSR count). The fraction of sp³-hybridized carbons (Fsp3) is 0.444. The smallest absolute Gasteiger partial charge is 0.0615 e. The number of hydrogen-bond acceptors (Lipinski definition) is 2. The van der Waals surface area contributed by atoms with Gasteiger partial charge in [-0.1, -0.05) is 25.1 Å². The second-order valence-electron chi connectivity index (χ2n) is 5.51. The van der Waals surface area contributed by atoms with Gasteiger partial charge in [-0.2, -0.15) is 0 Å². The highest BCUT2D eigenvalue weighted by molar-refractivity contribution is 5.40. The van der Waals surface area contributed by atoms with Crippen LogP contribution in [0.25, 0.3) is 5.69 Å². The van der Waals surface area contributed by atoms with Gasteiger partial charge in [0.25, 0.3) is 0 Å². The third kappa shape index (κ3) is 3.74. The van der Waals surface area contributed by atoms with E-state index in [9.17, 15) is 0 Å². The quantitative estimate of drug-likeness (QED) is 0.841. The summed E-state index contributed by atoms with van der Waals surface area (Å²) in [6.07, 6.45) is 1.07. The Morgan fingerprint density at radius 2 is 1.90 bits per heavy atom. The molecule has 0 aliphatic carbocycles. The van der Waals surface area contributed by atoms with E-state index in [1.165, 1.54) is 22.6 Å². The maximum absolute atomic E-state index is 5.24. The largest absolute Gasteiger partial charge is 0.383 e. The Morgan fingerprint density at radius 1 is 1.19 bits per heavy atom. The highest BCUT2D eigenvalue weighted by atomic mass is 16.5. The van der Waals surface area contributed by atoms with Crippen LogP contribution in [0.15, 0.2) is 36.4 Å². The molecule has 1 heterocycles. The van der Waals surface area contributed by atoms with E-state index in [0.29, 0.717) is 6.04 Å². The van der Waals surface area contributed by atoms with Gasteiger partial charge in [0.2, 0.25) is 0 Å². The van der Waals surface area contributed by atoms with Crippen molar-refractivity contribution in [3.8, 4) is 5.69 Å². The lowest BCUT2D eigenvalue weighted by atomic mass is 10.2. The molecule has 1 aromatic heterocycles. The van der Waals surface area contributed by atoms with Crippen molar-refractivity contribution in [2.24, 2.45) is 0 Å². The zero-order valence-electron chi connectivity index (χ0n) is 13.5. The van der Waals surface area contributed by atoms with Crippen molar-refractivity contribution in [2.75, 3.05) is 13.7 Å². The van der Waals surface area contributed by atoms with Crippen LogP contribution in [-0.2, 0) is 11.3 Å². The van der Waals surface area contributed by atoms with Crippen molar-refractivity contribution < 1.29 is 4.74 Å². The summed E-state index contributed by atoms with van der Waals surface area (Å²) in [7, 11) is 1.76. The van der Waals surface area contributed by atoms with Crippen molar-refractivity contribution >= 4 is 0 Å². The molecule has 1 N–H and O–H groups in total. The molecule has 0 bridgehead atoms. The minimum absolute atomic E-state index is 0.412. The van der Waals surface area contributed by atoms with Crippen molar-refractivity contribution in [2.45, 2.75) is 39.8 Å². The van der Waals surface area contributed by atoms with Crippen LogP contribution in [0.4, 0.5) is 0 Å². The van der Waals surface area contributed by atoms with Gasteiger partial charge in [0.15, 0.2) is 0 Å². The topological polar surface area (TPSA) is 26.2 Å². The van der Waals surface area contributed by atoms with Crippen LogP contribution in [0.5, 0.6) is 0 Å². The molecule has 3 nitrogen and oxygen atoms in total. The van der Waals surface area contributed by atoms with Crippen LogP contribution in [-0.4, -0.2) is 24.3 Å². The van der Waals surface area contributed by atoms with E-state index in [-0.39, 0.29) is 0 Å². The van der Waals surface area contributed by atoms with Crippen molar-refractivity contribution in [3.63, 3.8) is 0 Å². The third-order valence-electron chi connectivity index (χ3n) is 3.99. The number of ether oxygens (including phenoxy) is 1. The number of nitrogens with zero attached hydrogens (tertiary/aromatic N) is 1. The molecule has 0 saturated heterocycles. The Bertz CT molecular complexity index is 560. The first-order valence-corrected chi connectivity index (χ1v) is 7.63. The van der Waals surface area contributed by atoms with E-state index >= 15 is 0 Å². The predicted octanol–water partition coefficient (Wildman–Crippen LogP) is 3.61. The molecule has 1 unspecified atom stereocenters. The van der Waals surface area contributed by atoms with E-state index in [4.69, 9.17) is 4.74 Å². The minimum Gasteiger partial charge on any atom is -0.383 e. The molecular weight excluding hydrogens is 260 g/mol. The van der Waals surface area contributed by atoms with Crippen LogP contribution in [0.2, 0.25) is 0 Å². The Kier molecular flexibility index (Phi) is 5.59. The fourth-order valence-corrected chi connectivity index (χ4v) is 2.76. The van der Waals surface area contributed by atoms with Gasteiger partial charge in [-0.05, 0) is 44.0 Å². The number of aromatic nitrogens is 1. The molecule has 1 aromatic carbocycles. The summed E-state index contributed by atoms with van der Waals surface area (Å²) in [5, 5.41) is 3.58. The van der Waals surface area contributed by atoms with Crippen molar-refractivity contribution in [3.05, 3.63) is 53.3 Å². The standard InChI is InChI=1S/C18H26N2O/c1-5-17(13-21-4)19-12-16-11-14(2)20(15(16)3)18-9-7-6-8-10-18/h6-11,17,19H,5,12-13H2,1-4H3. The zero-order chi connectivity index (χ0) is 15.2. The van der Waals surface area contributed by atoms with E-state index in [1.807, 2.05) is 0 Å². The van der Waals surface area contributed by atoms with Gasteiger partial charge in [-0.25, -0.2) is 0 Å². The minimum atomic E-state index is 0.412. The van der Waals surface area contributed by atoms with Crippen molar-refractivity contribution in [1.82, 2.24) is 9.88 Å². The second kappa shape index (κ2) is 7.43. The van der Waals surface area contributed by atoms with Crippen LogP contribution in [0.1, 0.15) is 30.3 Å². The number of nitrogens with one attached hydrogen (secondary N) is 1. The van der Waals surface area contributed by atoms with Gasteiger partial charge in [-0.3, -0.25) is 0 Å². The monoisotopic (exact) mass is 286 g/mol. The fourth-order valence-electron chi connectivity index (χ4n) is 2.76. The Hall–Kier alpha value is -1.58. The number of rotatable bonds is 7. The number of hydrogen-bond donors (Lipinski definition) is 1. The molecule has 0 aliphatic rings. The summed E-state index contributed by atoms with van der Waals surface area (Å²) < 4.78 is 7.56. The van der Waals surface area contributed by atoms with E-state index in [1.54, 1.807) is 7.11 Å². The molecule has 114 valence electrons. The van der Waals surface area contributed by atoms with Gasteiger partial charge in [-0.15, -0.1) is 0 Å². The molecular formula is C18H26N2O. The lowest BCUT2D eigenvalue weighted by molar-refractivity contribution is 0.164. The summed E-state index contributed by atoms with van der Waals surface area (Å²) >= 11 is 0. The van der Waals surface area contributed by atoms with E-state index in [0.717, 1.165) is 19.6 Å². The average molecular weight is 286 g/mol. The molecule has 1 atom stereocenters. The summed E-state index contributed by atoms with van der Waals surface area (Å²) in [4.78, 5) is 0. The molecule has 21 heavy (non-hydrogen) atoms. The number of methoxy groups -OCH3 is 1. The lowest BCUT2D eigenvalue weighted by Crippen LogP contribution is -2.32. The first-order valence-electron chi connectivity index (χ1n) is 7.63. The van der Waals surface area contributed by atoms with E-state index in [2.05, 4.69) is 67.1 Å². The van der Waals surface area contributed by atoms with Crippen molar-refractivity contribution in [1.29, 1.82) is 0 Å². The normalized spacial score (nSPS) is 12.6. The van der Waals surface area contributed by atoms with Crippen LogP contribution in [0.3, 0.4) is 0 Å². The molecule has 0 amide bonds. The Labute approximate surface area is 127 Å². The summed E-state index contributed by atoms with van der Waals surface area (Å²) in [5.41, 5.74) is 5.15. The van der Waals surface area contributed by atoms with Gasteiger partial charge < -0.3 is 14.6 Å². The lowest BCUT2D eigenvalue weighted by Gasteiger charge is -2.16. The first-order chi connectivity index (χ1) is 10.2. The Morgan fingerprint density at radius 3 is 2.52 bits per heavy atom. The SMILES string of the molecule is CCC(COC)NCc1cc(C)n(-c2ccccc2)c1C. The van der Waals surface area contributed by atoms with Crippen LogP contribution >= 0.6 is 0 Å². The van der Waals surface area contributed by atoms with Gasteiger partial charge in [0.1, 0.15) is 0 Å². The second-order valence-corrected chi connectivity index (χ2v) is 5.51. The summed E-state index contributed by atoms with van der Waals surface area (Å²) in [6.45, 7) is 8.18. The van der Waals surface area contributed by atoms with E-state index < -0.39 is 0 Å². The zero-order valence-corrected chi connectivity index (χ0v) is 13.5. The highest BCUT2D eigenvalue weighted by Crippen LogP contribution is 2.20.